The van der Waals surface area contributed by atoms with Crippen LogP contribution in [-0.4, -0.2) is 36.2 Å². The third kappa shape index (κ3) is 6.50. The number of nitrogens with one attached hydrogen (secondary N) is 2. The zero-order valence-corrected chi connectivity index (χ0v) is 16.6. The Labute approximate surface area is 156 Å². The minimum absolute atomic E-state index is 0.297. The van der Waals surface area contributed by atoms with Gasteiger partial charge in [-0.15, -0.1) is 0 Å². The Morgan fingerprint density at radius 2 is 1.77 bits per heavy atom. The number of aliphatic imine (C=N–C) groups is 1. The van der Waals surface area contributed by atoms with E-state index >= 15 is 0 Å². The van der Waals surface area contributed by atoms with Crippen molar-refractivity contribution < 1.29 is 4.52 Å². The summed E-state index contributed by atoms with van der Waals surface area (Å²) in [5, 5.41) is 10.7. The molecule has 0 radical (unpaired) electrons. The van der Waals surface area contributed by atoms with E-state index in [1.807, 2.05) is 0 Å². The van der Waals surface area contributed by atoms with Crippen molar-refractivity contribution in [2.24, 2.45) is 4.99 Å². The first-order valence-electron chi connectivity index (χ1n) is 9.32. The second kappa shape index (κ2) is 9.94. The van der Waals surface area contributed by atoms with Crippen LogP contribution >= 0.6 is 0 Å². The molecule has 0 saturated carbocycles. The predicted octanol–water partition coefficient (Wildman–Crippen LogP) is 3.15. The Bertz CT molecular complexity index is 700. The molecule has 1 aromatic heterocycles. The number of aromatic nitrogens is 2. The Kier molecular flexibility index (Phi) is 7.63. The fourth-order valence-corrected chi connectivity index (χ4v) is 2.81. The Morgan fingerprint density at radius 1 is 1.08 bits per heavy atom. The van der Waals surface area contributed by atoms with E-state index in [4.69, 9.17) is 4.52 Å². The second-order valence-corrected chi connectivity index (χ2v) is 6.98. The summed E-state index contributed by atoms with van der Waals surface area (Å²) in [6, 6.07) is 6.67. The summed E-state index contributed by atoms with van der Waals surface area (Å²) >= 11 is 0. The summed E-state index contributed by atoms with van der Waals surface area (Å²) in [5.74, 6) is 2.60. The molecule has 0 spiro atoms. The summed E-state index contributed by atoms with van der Waals surface area (Å²) in [4.78, 5) is 8.66. The molecule has 6 nitrogen and oxygen atoms in total. The molecule has 0 aliphatic rings. The van der Waals surface area contributed by atoms with Gasteiger partial charge in [-0.1, -0.05) is 48.3 Å². The number of hydrogen-bond acceptors (Lipinski definition) is 4. The highest BCUT2D eigenvalue weighted by Crippen LogP contribution is 2.10. The molecule has 142 valence electrons. The standard InChI is InChI=1S/C20H31N5O/c1-14(2)19-24-18(26-25-19)7-6-9-22-20(21-5)23-10-8-17-12-15(3)11-16(4)13-17/h11-14H,6-10H2,1-5H3,(H2,21,22,23). The van der Waals surface area contributed by atoms with Gasteiger partial charge >= 0.3 is 0 Å². The Hall–Kier alpha value is -2.37. The summed E-state index contributed by atoms with van der Waals surface area (Å²) in [6.45, 7) is 10.1. The van der Waals surface area contributed by atoms with Crippen LogP contribution in [0.15, 0.2) is 27.7 Å². The molecule has 2 aromatic rings. The smallest absolute Gasteiger partial charge is 0.226 e. The van der Waals surface area contributed by atoms with Crippen molar-refractivity contribution in [2.45, 2.75) is 52.9 Å². The molecule has 0 bridgehead atoms. The lowest BCUT2D eigenvalue weighted by Gasteiger charge is -2.12. The third-order valence-corrected chi connectivity index (χ3v) is 4.07. The van der Waals surface area contributed by atoms with Crippen LogP contribution in [0.25, 0.3) is 0 Å². The van der Waals surface area contributed by atoms with E-state index in [0.717, 1.165) is 44.1 Å². The fraction of sp³-hybridized carbons (Fsp3) is 0.550. The summed E-state index contributed by atoms with van der Waals surface area (Å²) < 4.78 is 5.26. The minimum Gasteiger partial charge on any atom is -0.356 e. The van der Waals surface area contributed by atoms with Crippen molar-refractivity contribution in [1.29, 1.82) is 0 Å². The first-order chi connectivity index (χ1) is 12.5. The molecule has 26 heavy (non-hydrogen) atoms. The van der Waals surface area contributed by atoms with Gasteiger partial charge in [0, 0.05) is 32.5 Å². The lowest BCUT2D eigenvalue weighted by molar-refractivity contribution is 0.368. The highest BCUT2D eigenvalue weighted by molar-refractivity contribution is 5.79. The fourth-order valence-electron chi connectivity index (χ4n) is 2.81. The van der Waals surface area contributed by atoms with Gasteiger partial charge in [0.15, 0.2) is 11.8 Å². The van der Waals surface area contributed by atoms with E-state index in [1.54, 1.807) is 7.05 Å². The molecule has 0 aliphatic carbocycles. The lowest BCUT2D eigenvalue weighted by atomic mass is 10.1. The van der Waals surface area contributed by atoms with Crippen LogP contribution < -0.4 is 10.6 Å². The average molecular weight is 358 g/mol. The molecular formula is C20H31N5O. The first kappa shape index (κ1) is 19.9. The molecule has 2 N–H and O–H groups in total. The number of rotatable bonds is 8. The monoisotopic (exact) mass is 357 g/mol. The van der Waals surface area contributed by atoms with Gasteiger partial charge in [-0.3, -0.25) is 4.99 Å². The van der Waals surface area contributed by atoms with E-state index < -0.39 is 0 Å². The van der Waals surface area contributed by atoms with Crippen molar-refractivity contribution in [3.8, 4) is 0 Å². The van der Waals surface area contributed by atoms with Crippen LogP contribution in [0.4, 0.5) is 0 Å². The van der Waals surface area contributed by atoms with E-state index in [1.165, 1.54) is 16.7 Å². The van der Waals surface area contributed by atoms with Crippen molar-refractivity contribution in [3.63, 3.8) is 0 Å². The average Bonchev–Trinajstić information content (AvgIpc) is 3.05. The van der Waals surface area contributed by atoms with Gasteiger partial charge in [0.25, 0.3) is 0 Å². The highest BCUT2D eigenvalue weighted by Gasteiger charge is 2.09. The quantitative estimate of drug-likeness (QED) is 0.431. The van der Waals surface area contributed by atoms with Crippen LogP contribution in [-0.2, 0) is 12.8 Å². The summed E-state index contributed by atoms with van der Waals surface area (Å²) in [6.07, 6.45) is 2.66. The maximum Gasteiger partial charge on any atom is 0.226 e. The molecule has 2 rings (SSSR count). The van der Waals surface area contributed by atoms with Crippen LogP contribution in [0.2, 0.25) is 0 Å². The molecule has 0 atom stereocenters. The van der Waals surface area contributed by atoms with Crippen LogP contribution in [0.5, 0.6) is 0 Å². The Balaban J connectivity index is 1.67. The topological polar surface area (TPSA) is 75.3 Å². The molecule has 0 unspecified atom stereocenters. The van der Waals surface area contributed by atoms with Crippen molar-refractivity contribution in [1.82, 2.24) is 20.8 Å². The van der Waals surface area contributed by atoms with Gasteiger partial charge in [0.05, 0.1) is 0 Å². The molecule has 6 heteroatoms. The van der Waals surface area contributed by atoms with E-state index in [0.29, 0.717) is 11.8 Å². The summed E-state index contributed by atoms with van der Waals surface area (Å²) in [5.41, 5.74) is 3.97. The van der Waals surface area contributed by atoms with E-state index in [9.17, 15) is 0 Å². The normalized spacial score (nSPS) is 11.8. The molecule has 0 amide bonds. The molecule has 0 saturated heterocycles. The molecule has 0 fully saturated rings. The number of benzene rings is 1. The number of guanidine groups is 1. The zero-order chi connectivity index (χ0) is 18.9. The van der Waals surface area contributed by atoms with Crippen molar-refractivity contribution in [2.75, 3.05) is 20.1 Å². The van der Waals surface area contributed by atoms with E-state index in [2.05, 4.69) is 71.7 Å². The van der Waals surface area contributed by atoms with Crippen LogP contribution in [0.3, 0.4) is 0 Å². The maximum atomic E-state index is 5.26. The van der Waals surface area contributed by atoms with Gasteiger partial charge in [-0.2, -0.15) is 4.98 Å². The maximum absolute atomic E-state index is 5.26. The van der Waals surface area contributed by atoms with Crippen molar-refractivity contribution in [3.05, 3.63) is 46.6 Å². The van der Waals surface area contributed by atoms with Gasteiger partial charge in [0.2, 0.25) is 5.89 Å². The van der Waals surface area contributed by atoms with Crippen molar-refractivity contribution >= 4 is 5.96 Å². The molecular weight excluding hydrogens is 326 g/mol. The highest BCUT2D eigenvalue weighted by atomic mass is 16.5. The third-order valence-electron chi connectivity index (χ3n) is 4.07. The predicted molar refractivity (Wildman–Crippen MR) is 106 cm³/mol. The van der Waals surface area contributed by atoms with Gasteiger partial charge in [0.1, 0.15) is 0 Å². The number of aryl methyl sites for hydroxylation is 3. The van der Waals surface area contributed by atoms with Gasteiger partial charge in [-0.05, 0) is 32.3 Å². The largest absolute Gasteiger partial charge is 0.356 e. The van der Waals surface area contributed by atoms with E-state index in [-0.39, 0.29) is 0 Å². The lowest BCUT2D eigenvalue weighted by Crippen LogP contribution is -2.38. The van der Waals surface area contributed by atoms with Gasteiger partial charge in [-0.25, -0.2) is 0 Å². The molecule has 0 aliphatic heterocycles. The SMILES string of the molecule is CN=C(NCCCc1nc(C(C)C)no1)NCCc1cc(C)cc(C)c1. The van der Waals surface area contributed by atoms with Crippen LogP contribution in [0.1, 0.15) is 54.6 Å². The van der Waals surface area contributed by atoms with Gasteiger partial charge < -0.3 is 15.2 Å². The number of hydrogen-bond donors (Lipinski definition) is 2. The zero-order valence-electron chi connectivity index (χ0n) is 16.6. The Morgan fingerprint density at radius 3 is 2.38 bits per heavy atom. The van der Waals surface area contributed by atoms with Crippen LogP contribution in [0, 0.1) is 13.8 Å². The molecule has 1 heterocycles. The minimum atomic E-state index is 0.297. The molecule has 1 aromatic carbocycles. The number of nitrogens with zero attached hydrogens (tertiary/aromatic N) is 3. The second-order valence-electron chi connectivity index (χ2n) is 6.98. The summed E-state index contributed by atoms with van der Waals surface area (Å²) in [7, 11) is 1.79. The first-order valence-corrected chi connectivity index (χ1v) is 9.32.